The van der Waals surface area contributed by atoms with Crippen molar-refractivity contribution >= 4 is 17.3 Å². The van der Waals surface area contributed by atoms with E-state index in [0.29, 0.717) is 6.04 Å². The normalized spacial score (nSPS) is 17.7. The SMILES string of the molecule is CCC(CNC(=NC)NCc1sc(C)nc1C)N1CCCC1. The van der Waals surface area contributed by atoms with Crippen molar-refractivity contribution < 1.29 is 0 Å². The molecule has 0 aromatic carbocycles. The van der Waals surface area contributed by atoms with Gasteiger partial charge in [0.15, 0.2) is 5.96 Å². The summed E-state index contributed by atoms with van der Waals surface area (Å²) in [6, 6.07) is 0.605. The molecule has 1 aromatic heterocycles. The van der Waals surface area contributed by atoms with Gasteiger partial charge in [-0.3, -0.25) is 9.89 Å². The number of aryl methyl sites for hydroxylation is 2. The molecule has 1 atom stereocenters. The highest BCUT2D eigenvalue weighted by atomic mass is 32.1. The number of likely N-dealkylation sites (tertiary alicyclic amines) is 1. The van der Waals surface area contributed by atoms with Gasteiger partial charge in [-0.1, -0.05) is 6.92 Å². The number of rotatable bonds is 6. The summed E-state index contributed by atoms with van der Waals surface area (Å²) in [5.74, 6) is 0.878. The Morgan fingerprint density at radius 2 is 2.05 bits per heavy atom. The van der Waals surface area contributed by atoms with E-state index in [2.05, 4.69) is 46.3 Å². The minimum atomic E-state index is 0.605. The number of guanidine groups is 1. The van der Waals surface area contributed by atoms with E-state index in [0.717, 1.165) is 29.8 Å². The third-order valence-corrected chi connectivity index (χ3v) is 5.35. The van der Waals surface area contributed by atoms with Crippen molar-refractivity contribution in [1.29, 1.82) is 0 Å². The van der Waals surface area contributed by atoms with Crippen LogP contribution in [0.25, 0.3) is 0 Å². The number of nitrogens with zero attached hydrogens (tertiary/aromatic N) is 3. The van der Waals surface area contributed by atoms with E-state index >= 15 is 0 Å². The zero-order valence-electron chi connectivity index (χ0n) is 14.3. The van der Waals surface area contributed by atoms with Crippen LogP contribution in [0.15, 0.2) is 4.99 Å². The first-order valence-electron chi connectivity index (χ1n) is 8.25. The summed E-state index contributed by atoms with van der Waals surface area (Å²) >= 11 is 1.75. The summed E-state index contributed by atoms with van der Waals surface area (Å²) < 4.78 is 0. The van der Waals surface area contributed by atoms with Gasteiger partial charge in [0.25, 0.3) is 0 Å². The molecule has 0 saturated carbocycles. The Labute approximate surface area is 138 Å². The van der Waals surface area contributed by atoms with Gasteiger partial charge in [-0.05, 0) is 46.2 Å². The van der Waals surface area contributed by atoms with Crippen LogP contribution in [0.4, 0.5) is 0 Å². The molecular weight excluding hydrogens is 294 g/mol. The fraction of sp³-hybridized carbons (Fsp3) is 0.750. The average Bonchev–Trinajstić information content (AvgIpc) is 3.13. The van der Waals surface area contributed by atoms with Gasteiger partial charge in [-0.25, -0.2) is 4.98 Å². The van der Waals surface area contributed by atoms with Crippen molar-refractivity contribution in [2.75, 3.05) is 26.7 Å². The van der Waals surface area contributed by atoms with E-state index in [-0.39, 0.29) is 0 Å². The van der Waals surface area contributed by atoms with E-state index < -0.39 is 0 Å². The first-order valence-corrected chi connectivity index (χ1v) is 9.07. The molecule has 0 aliphatic carbocycles. The van der Waals surface area contributed by atoms with Gasteiger partial charge in [-0.15, -0.1) is 11.3 Å². The zero-order chi connectivity index (χ0) is 15.9. The number of nitrogens with one attached hydrogen (secondary N) is 2. The first-order chi connectivity index (χ1) is 10.6. The van der Waals surface area contributed by atoms with Gasteiger partial charge in [0.05, 0.1) is 17.2 Å². The van der Waals surface area contributed by atoms with Gasteiger partial charge in [0, 0.05) is 24.5 Å². The van der Waals surface area contributed by atoms with Crippen LogP contribution >= 0.6 is 11.3 Å². The van der Waals surface area contributed by atoms with Crippen LogP contribution in [0.3, 0.4) is 0 Å². The molecule has 5 nitrogen and oxygen atoms in total. The minimum absolute atomic E-state index is 0.605. The molecule has 1 fully saturated rings. The van der Waals surface area contributed by atoms with Crippen LogP contribution in [-0.2, 0) is 6.54 Å². The van der Waals surface area contributed by atoms with Crippen LogP contribution in [-0.4, -0.2) is 48.6 Å². The Morgan fingerprint density at radius 3 is 2.59 bits per heavy atom. The highest BCUT2D eigenvalue weighted by Gasteiger charge is 2.20. The van der Waals surface area contributed by atoms with Crippen molar-refractivity contribution in [3.63, 3.8) is 0 Å². The molecule has 1 aromatic rings. The van der Waals surface area contributed by atoms with E-state index in [9.17, 15) is 0 Å². The lowest BCUT2D eigenvalue weighted by Crippen LogP contribution is -2.46. The minimum Gasteiger partial charge on any atom is -0.355 e. The highest BCUT2D eigenvalue weighted by molar-refractivity contribution is 7.11. The maximum atomic E-state index is 4.47. The van der Waals surface area contributed by atoms with E-state index in [1.54, 1.807) is 11.3 Å². The second-order valence-corrected chi connectivity index (χ2v) is 7.14. The molecule has 2 rings (SSSR count). The van der Waals surface area contributed by atoms with Crippen molar-refractivity contribution in [1.82, 2.24) is 20.5 Å². The largest absolute Gasteiger partial charge is 0.355 e. The Hall–Kier alpha value is -1.14. The highest BCUT2D eigenvalue weighted by Crippen LogP contribution is 2.16. The molecule has 0 bridgehead atoms. The van der Waals surface area contributed by atoms with Gasteiger partial charge < -0.3 is 10.6 Å². The van der Waals surface area contributed by atoms with Crippen molar-refractivity contribution in [3.05, 3.63) is 15.6 Å². The molecule has 0 spiro atoms. The predicted octanol–water partition coefficient (Wildman–Crippen LogP) is 2.30. The monoisotopic (exact) mass is 323 g/mol. The molecule has 124 valence electrons. The standard InChI is InChI=1S/C16H29N5S/c1-5-14(21-8-6-7-9-21)10-18-16(17-4)19-11-15-12(2)20-13(3)22-15/h14H,5-11H2,1-4H3,(H2,17,18,19). The molecule has 22 heavy (non-hydrogen) atoms. The maximum absolute atomic E-state index is 4.47. The average molecular weight is 324 g/mol. The molecular formula is C16H29N5S. The van der Waals surface area contributed by atoms with Crippen LogP contribution in [0.1, 0.15) is 41.8 Å². The second kappa shape index (κ2) is 8.48. The number of aromatic nitrogens is 1. The molecule has 1 aliphatic rings. The van der Waals surface area contributed by atoms with Crippen LogP contribution in [0.2, 0.25) is 0 Å². The summed E-state index contributed by atoms with van der Waals surface area (Å²) in [5, 5.41) is 8.00. The lowest BCUT2D eigenvalue weighted by atomic mass is 10.2. The topological polar surface area (TPSA) is 52.6 Å². The molecule has 2 N–H and O–H groups in total. The lowest BCUT2D eigenvalue weighted by molar-refractivity contribution is 0.236. The fourth-order valence-electron chi connectivity index (χ4n) is 2.97. The molecule has 1 aliphatic heterocycles. The summed E-state index contributed by atoms with van der Waals surface area (Å²) in [6.45, 7) is 10.6. The van der Waals surface area contributed by atoms with Crippen molar-refractivity contribution in [3.8, 4) is 0 Å². The molecule has 1 saturated heterocycles. The molecule has 6 heteroatoms. The van der Waals surface area contributed by atoms with E-state index in [1.807, 2.05) is 7.05 Å². The smallest absolute Gasteiger partial charge is 0.191 e. The molecule has 0 radical (unpaired) electrons. The van der Waals surface area contributed by atoms with E-state index in [1.165, 1.54) is 37.2 Å². The van der Waals surface area contributed by atoms with Gasteiger partial charge in [-0.2, -0.15) is 0 Å². The van der Waals surface area contributed by atoms with Gasteiger partial charge in [0.1, 0.15) is 0 Å². The van der Waals surface area contributed by atoms with Crippen LogP contribution in [0.5, 0.6) is 0 Å². The maximum Gasteiger partial charge on any atom is 0.191 e. The van der Waals surface area contributed by atoms with Crippen LogP contribution in [0, 0.1) is 13.8 Å². The summed E-state index contributed by atoms with van der Waals surface area (Å²) in [4.78, 5) is 12.7. The Bertz CT molecular complexity index is 491. The second-order valence-electron chi connectivity index (χ2n) is 5.85. The third kappa shape index (κ3) is 4.68. The number of hydrogen-bond acceptors (Lipinski definition) is 4. The third-order valence-electron chi connectivity index (χ3n) is 4.27. The zero-order valence-corrected chi connectivity index (χ0v) is 15.1. The molecule has 2 heterocycles. The summed E-state index contributed by atoms with van der Waals surface area (Å²) in [6.07, 6.45) is 3.86. The summed E-state index contributed by atoms with van der Waals surface area (Å²) in [7, 11) is 1.83. The van der Waals surface area contributed by atoms with Crippen molar-refractivity contribution in [2.45, 2.75) is 52.6 Å². The quantitative estimate of drug-likeness (QED) is 0.623. The molecule has 0 amide bonds. The Morgan fingerprint density at radius 1 is 1.32 bits per heavy atom. The van der Waals surface area contributed by atoms with Gasteiger partial charge >= 0.3 is 0 Å². The van der Waals surface area contributed by atoms with Gasteiger partial charge in [0.2, 0.25) is 0 Å². The fourth-order valence-corrected chi connectivity index (χ4v) is 3.85. The number of hydrogen-bond donors (Lipinski definition) is 2. The van der Waals surface area contributed by atoms with Crippen molar-refractivity contribution in [2.24, 2.45) is 4.99 Å². The lowest BCUT2D eigenvalue weighted by Gasteiger charge is -2.27. The first kappa shape index (κ1) is 17.2. The Kier molecular flexibility index (Phi) is 6.64. The number of aliphatic imine (C=N–C) groups is 1. The Balaban J connectivity index is 1.80. The molecule has 1 unspecified atom stereocenters. The number of thiazole rings is 1. The summed E-state index contributed by atoms with van der Waals surface area (Å²) in [5.41, 5.74) is 1.12. The van der Waals surface area contributed by atoms with E-state index in [4.69, 9.17) is 0 Å². The predicted molar refractivity (Wildman–Crippen MR) is 94.7 cm³/mol. The van der Waals surface area contributed by atoms with Crippen LogP contribution < -0.4 is 10.6 Å².